The zero-order valence-electron chi connectivity index (χ0n) is 16.5. The van der Waals surface area contributed by atoms with Crippen molar-refractivity contribution in [2.24, 2.45) is 10.1 Å². The molecule has 0 amide bonds. The second-order valence-corrected chi connectivity index (χ2v) is 9.67. The minimum Gasteiger partial charge on any atom is -0.614 e. The fourth-order valence-corrected chi connectivity index (χ4v) is 5.92. The number of benzene rings is 1. The average Bonchev–Trinajstić information content (AvgIpc) is 3.18. The quantitative estimate of drug-likeness (QED) is 0.543. The Kier molecular flexibility index (Phi) is 5.69. The van der Waals surface area contributed by atoms with Gasteiger partial charge in [-0.15, -0.1) is 0 Å². The molecule has 0 radical (unpaired) electrons. The van der Waals surface area contributed by atoms with Crippen LogP contribution >= 0.6 is 11.6 Å². The van der Waals surface area contributed by atoms with Gasteiger partial charge in [-0.2, -0.15) is 5.10 Å². The average molecular weight is 420 g/mol. The fraction of sp³-hybridized carbons (Fsp3) is 0.500. The number of aliphatic imine (C=N–C) groups is 1. The van der Waals surface area contributed by atoms with E-state index in [0.717, 1.165) is 42.2 Å². The summed E-state index contributed by atoms with van der Waals surface area (Å²) in [6, 6.07) is 7.72. The molecule has 0 saturated carbocycles. The molecular weight excluding hydrogens is 394 g/mol. The van der Waals surface area contributed by atoms with E-state index in [9.17, 15) is 4.55 Å². The highest BCUT2D eigenvalue weighted by atomic mass is 35.5. The first-order valence-electron chi connectivity index (χ1n) is 9.64. The highest BCUT2D eigenvalue weighted by molar-refractivity contribution is 7.93. The molecule has 0 saturated heterocycles. The van der Waals surface area contributed by atoms with Crippen molar-refractivity contribution in [1.29, 1.82) is 0 Å². The highest BCUT2D eigenvalue weighted by Gasteiger charge is 2.48. The van der Waals surface area contributed by atoms with Crippen LogP contribution in [0.15, 0.2) is 46.0 Å². The van der Waals surface area contributed by atoms with Crippen LogP contribution in [0.3, 0.4) is 0 Å². The van der Waals surface area contributed by atoms with Gasteiger partial charge in [0.15, 0.2) is 5.84 Å². The third kappa shape index (κ3) is 3.56. The summed E-state index contributed by atoms with van der Waals surface area (Å²) in [5.74, 6) is 0.782. The van der Waals surface area contributed by atoms with Gasteiger partial charge in [0, 0.05) is 30.6 Å². The second kappa shape index (κ2) is 8.06. The summed E-state index contributed by atoms with van der Waals surface area (Å²) in [4.78, 5) is 9.19. The van der Waals surface area contributed by atoms with Crippen LogP contribution in [-0.4, -0.2) is 81.9 Å². The SMILES string of the molecule is CCN1CN2C(=N1)C(c1ccccc1Cl)=NCC1=CC(CCN(C)C)[S+]([O-])C12. The smallest absolute Gasteiger partial charge is 0.215 e. The summed E-state index contributed by atoms with van der Waals surface area (Å²) in [5, 5.41) is 7.36. The van der Waals surface area contributed by atoms with Crippen molar-refractivity contribution in [3.8, 4) is 0 Å². The highest BCUT2D eigenvalue weighted by Crippen LogP contribution is 2.36. The van der Waals surface area contributed by atoms with Crippen molar-refractivity contribution in [3.63, 3.8) is 0 Å². The van der Waals surface area contributed by atoms with Crippen LogP contribution in [0.5, 0.6) is 0 Å². The van der Waals surface area contributed by atoms with Gasteiger partial charge in [-0.3, -0.25) is 14.9 Å². The predicted molar refractivity (Wildman–Crippen MR) is 116 cm³/mol. The molecule has 4 rings (SSSR count). The topological polar surface area (TPSA) is 57.5 Å². The zero-order chi connectivity index (χ0) is 19.8. The van der Waals surface area contributed by atoms with E-state index in [-0.39, 0.29) is 10.6 Å². The molecule has 28 heavy (non-hydrogen) atoms. The van der Waals surface area contributed by atoms with E-state index >= 15 is 0 Å². The first-order chi connectivity index (χ1) is 13.5. The number of fused-ring (bicyclic) bond motifs is 3. The van der Waals surface area contributed by atoms with Crippen LogP contribution in [0.4, 0.5) is 0 Å². The minimum absolute atomic E-state index is 0.0661. The van der Waals surface area contributed by atoms with Gasteiger partial charge < -0.3 is 9.45 Å². The Morgan fingerprint density at radius 1 is 1.32 bits per heavy atom. The largest absolute Gasteiger partial charge is 0.614 e. The maximum Gasteiger partial charge on any atom is 0.215 e. The van der Waals surface area contributed by atoms with E-state index in [1.165, 1.54) is 0 Å². The Labute approximate surface area is 174 Å². The molecule has 3 atom stereocenters. The van der Waals surface area contributed by atoms with E-state index in [0.29, 0.717) is 18.2 Å². The molecule has 150 valence electrons. The molecular formula is C20H26ClN5OS. The van der Waals surface area contributed by atoms with E-state index in [2.05, 4.69) is 22.8 Å². The van der Waals surface area contributed by atoms with Gasteiger partial charge in [-0.05, 0) is 44.3 Å². The molecule has 0 aliphatic carbocycles. The molecule has 3 heterocycles. The van der Waals surface area contributed by atoms with Crippen molar-refractivity contribution in [2.75, 3.05) is 40.4 Å². The summed E-state index contributed by atoms with van der Waals surface area (Å²) in [6.07, 6.45) is 3.08. The number of halogens is 1. The van der Waals surface area contributed by atoms with Crippen molar-refractivity contribution >= 4 is 34.3 Å². The maximum absolute atomic E-state index is 13.4. The number of hydrazone groups is 1. The third-order valence-corrected chi connectivity index (χ3v) is 7.62. The lowest BCUT2D eigenvalue weighted by Crippen LogP contribution is -2.47. The number of hydrogen-bond acceptors (Lipinski definition) is 6. The van der Waals surface area contributed by atoms with Crippen molar-refractivity contribution in [2.45, 2.75) is 24.0 Å². The Morgan fingerprint density at radius 2 is 2.11 bits per heavy atom. The molecule has 3 aliphatic rings. The van der Waals surface area contributed by atoms with Crippen LogP contribution in [0, 0.1) is 0 Å². The van der Waals surface area contributed by atoms with E-state index in [1.54, 1.807) is 0 Å². The first-order valence-corrected chi connectivity index (χ1v) is 11.3. The van der Waals surface area contributed by atoms with Crippen molar-refractivity contribution < 1.29 is 4.55 Å². The van der Waals surface area contributed by atoms with Crippen LogP contribution in [0.1, 0.15) is 18.9 Å². The summed E-state index contributed by atoms with van der Waals surface area (Å²) in [7, 11) is 4.10. The van der Waals surface area contributed by atoms with Gasteiger partial charge in [-0.1, -0.05) is 29.8 Å². The molecule has 0 spiro atoms. The molecule has 3 aliphatic heterocycles. The number of nitrogens with zero attached hydrogens (tertiary/aromatic N) is 5. The lowest BCUT2D eigenvalue weighted by Gasteiger charge is -2.30. The Hall–Kier alpha value is -1.54. The molecule has 0 N–H and O–H groups in total. The van der Waals surface area contributed by atoms with Crippen molar-refractivity contribution in [3.05, 3.63) is 46.5 Å². The molecule has 0 bridgehead atoms. The van der Waals surface area contributed by atoms with E-state index in [4.69, 9.17) is 21.7 Å². The molecule has 3 unspecified atom stereocenters. The van der Waals surface area contributed by atoms with Gasteiger partial charge >= 0.3 is 0 Å². The zero-order valence-corrected chi connectivity index (χ0v) is 18.1. The standard InChI is InChI=1S/C20H26ClN5OS/c1-4-25-13-26-19(23-25)18(16-7-5-6-8-17(16)21)22-12-14-11-15(9-10-24(2)3)28(27)20(14)26/h5-8,11,15,20H,4,9-10,12-13H2,1-3H3. The molecule has 1 aromatic carbocycles. The molecule has 0 fully saturated rings. The van der Waals surface area contributed by atoms with Gasteiger partial charge in [0.1, 0.15) is 17.6 Å². The Balaban J connectivity index is 1.71. The van der Waals surface area contributed by atoms with E-state index < -0.39 is 11.2 Å². The minimum atomic E-state index is -1.02. The third-order valence-electron chi connectivity index (χ3n) is 5.33. The predicted octanol–water partition coefficient (Wildman–Crippen LogP) is 2.39. The second-order valence-electron chi connectivity index (χ2n) is 7.56. The van der Waals surface area contributed by atoms with E-state index in [1.807, 2.05) is 43.4 Å². The lowest BCUT2D eigenvalue weighted by molar-refractivity contribution is 0.242. The monoisotopic (exact) mass is 419 g/mol. The Bertz CT molecular complexity index is 840. The van der Waals surface area contributed by atoms with Crippen LogP contribution in [0.2, 0.25) is 5.02 Å². The lowest BCUT2D eigenvalue weighted by atomic mass is 10.1. The fourth-order valence-electron chi connectivity index (χ4n) is 3.85. The van der Waals surface area contributed by atoms with Gasteiger partial charge in [0.25, 0.3) is 0 Å². The molecule has 0 aromatic heterocycles. The van der Waals surface area contributed by atoms with Gasteiger partial charge in [-0.25, -0.2) is 0 Å². The summed E-state index contributed by atoms with van der Waals surface area (Å²) in [5.41, 5.74) is 2.80. The summed E-state index contributed by atoms with van der Waals surface area (Å²) in [6.45, 7) is 4.95. The van der Waals surface area contributed by atoms with Gasteiger partial charge in [0.2, 0.25) is 5.37 Å². The van der Waals surface area contributed by atoms with Crippen LogP contribution in [0.25, 0.3) is 0 Å². The molecule has 8 heteroatoms. The van der Waals surface area contributed by atoms with Crippen LogP contribution < -0.4 is 0 Å². The van der Waals surface area contributed by atoms with Crippen LogP contribution in [-0.2, 0) is 11.2 Å². The number of amidine groups is 1. The number of hydrogen-bond donors (Lipinski definition) is 0. The maximum atomic E-state index is 13.4. The number of rotatable bonds is 5. The Morgan fingerprint density at radius 3 is 2.82 bits per heavy atom. The summed E-state index contributed by atoms with van der Waals surface area (Å²) >= 11 is 5.45. The normalized spacial score (nSPS) is 26.6. The van der Waals surface area contributed by atoms with Gasteiger partial charge in [0.05, 0.1) is 11.6 Å². The molecule has 6 nitrogen and oxygen atoms in total. The van der Waals surface area contributed by atoms with Crippen molar-refractivity contribution in [1.82, 2.24) is 14.8 Å². The first kappa shape index (κ1) is 19.8. The molecule has 1 aromatic rings. The summed E-state index contributed by atoms with van der Waals surface area (Å²) < 4.78 is 13.4.